The molecule has 0 radical (unpaired) electrons. The summed E-state index contributed by atoms with van der Waals surface area (Å²) >= 11 is 2.84. The lowest BCUT2D eigenvalue weighted by atomic mass is 10.0. The highest BCUT2D eigenvalue weighted by molar-refractivity contribution is 7.12. The summed E-state index contributed by atoms with van der Waals surface area (Å²) in [5.74, 6) is -0.180. The molecule has 29 heavy (non-hydrogen) atoms. The first-order valence-electron chi connectivity index (χ1n) is 9.05. The molecule has 0 unspecified atom stereocenters. The fraction of sp³-hybridized carbons (Fsp3) is 0.0435. The highest BCUT2D eigenvalue weighted by Gasteiger charge is 2.08. The van der Waals surface area contributed by atoms with Gasteiger partial charge in [-0.1, -0.05) is 36.4 Å². The van der Waals surface area contributed by atoms with Gasteiger partial charge in [0.1, 0.15) is 0 Å². The highest BCUT2D eigenvalue weighted by atomic mass is 32.1. The average Bonchev–Trinajstić information content (AvgIpc) is 3.45. The summed E-state index contributed by atoms with van der Waals surface area (Å²) in [6, 6.07) is 23.0. The van der Waals surface area contributed by atoms with Crippen molar-refractivity contribution in [2.45, 2.75) is 6.42 Å². The Bertz CT molecular complexity index is 995. The second-order valence-corrected chi connectivity index (χ2v) is 8.33. The van der Waals surface area contributed by atoms with E-state index in [-0.39, 0.29) is 11.8 Å². The first kappa shape index (κ1) is 19.1. The molecule has 6 heteroatoms. The van der Waals surface area contributed by atoms with Gasteiger partial charge in [-0.2, -0.15) is 0 Å². The van der Waals surface area contributed by atoms with E-state index in [1.165, 1.54) is 22.7 Å². The number of hydrogen-bond acceptors (Lipinski definition) is 4. The number of amides is 2. The third-order valence-corrected chi connectivity index (χ3v) is 6.06. The molecule has 0 aliphatic carbocycles. The number of carbonyl (C=O) groups excluding carboxylic acids is 2. The van der Waals surface area contributed by atoms with Gasteiger partial charge in [-0.25, -0.2) is 0 Å². The minimum Gasteiger partial charge on any atom is -0.321 e. The van der Waals surface area contributed by atoms with Crippen LogP contribution in [0.2, 0.25) is 0 Å². The maximum atomic E-state index is 12.1. The number of thiophene rings is 2. The third kappa shape index (κ3) is 4.99. The second-order valence-electron chi connectivity index (χ2n) is 6.43. The molecule has 2 aromatic heterocycles. The Kier molecular flexibility index (Phi) is 5.84. The highest BCUT2D eigenvalue weighted by Crippen LogP contribution is 2.18. The molecule has 4 nitrogen and oxygen atoms in total. The minimum absolute atomic E-state index is 0.0899. The van der Waals surface area contributed by atoms with Crippen molar-refractivity contribution >= 4 is 45.9 Å². The van der Waals surface area contributed by atoms with Gasteiger partial charge in [0, 0.05) is 11.4 Å². The zero-order valence-corrected chi connectivity index (χ0v) is 17.1. The van der Waals surface area contributed by atoms with Gasteiger partial charge in [0.25, 0.3) is 11.8 Å². The second kappa shape index (κ2) is 8.86. The van der Waals surface area contributed by atoms with Gasteiger partial charge in [0.05, 0.1) is 9.75 Å². The molecular formula is C23H18N2O2S2. The fourth-order valence-electron chi connectivity index (χ4n) is 2.85. The molecule has 2 heterocycles. The lowest BCUT2D eigenvalue weighted by Crippen LogP contribution is -2.10. The van der Waals surface area contributed by atoms with E-state index < -0.39 is 0 Å². The largest absolute Gasteiger partial charge is 0.321 e. The maximum absolute atomic E-state index is 12.1. The third-order valence-electron chi connectivity index (χ3n) is 4.32. The Hall–Kier alpha value is -3.22. The van der Waals surface area contributed by atoms with E-state index in [0.717, 1.165) is 28.9 Å². The monoisotopic (exact) mass is 418 g/mol. The fourth-order valence-corrected chi connectivity index (χ4v) is 4.09. The minimum atomic E-state index is -0.0899. The van der Waals surface area contributed by atoms with E-state index in [1.54, 1.807) is 12.1 Å². The van der Waals surface area contributed by atoms with Crippen LogP contribution in [-0.2, 0) is 6.42 Å². The zero-order chi connectivity index (χ0) is 20.1. The van der Waals surface area contributed by atoms with Crippen LogP contribution < -0.4 is 10.6 Å². The van der Waals surface area contributed by atoms with Crippen molar-refractivity contribution < 1.29 is 9.59 Å². The smallest absolute Gasteiger partial charge is 0.265 e. The summed E-state index contributed by atoms with van der Waals surface area (Å²) < 4.78 is 0. The summed E-state index contributed by atoms with van der Waals surface area (Å²) in [6.45, 7) is 0. The van der Waals surface area contributed by atoms with Gasteiger partial charge < -0.3 is 10.6 Å². The van der Waals surface area contributed by atoms with Crippen LogP contribution in [0.5, 0.6) is 0 Å². The number of nitrogens with one attached hydrogen (secondary N) is 2. The molecule has 4 rings (SSSR count). The molecule has 0 bridgehead atoms. The van der Waals surface area contributed by atoms with Crippen molar-refractivity contribution in [1.29, 1.82) is 0 Å². The summed E-state index contributed by atoms with van der Waals surface area (Å²) in [5, 5.41) is 9.58. The Morgan fingerprint density at radius 2 is 1.03 bits per heavy atom. The van der Waals surface area contributed by atoms with Crippen LogP contribution in [0.25, 0.3) is 0 Å². The Morgan fingerprint density at radius 1 is 0.621 bits per heavy atom. The molecule has 0 saturated heterocycles. The Morgan fingerprint density at radius 3 is 1.38 bits per heavy atom. The van der Waals surface area contributed by atoms with Gasteiger partial charge in [-0.15, -0.1) is 22.7 Å². The lowest BCUT2D eigenvalue weighted by Gasteiger charge is -2.08. The molecule has 0 fully saturated rings. The quantitative estimate of drug-likeness (QED) is 0.409. The maximum Gasteiger partial charge on any atom is 0.265 e. The lowest BCUT2D eigenvalue weighted by molar-refractivity contribution is 0.102. The topological polar surface area (TPSA) is 58.2 Å². The summed E-state index contributed by atoms with van der Waals surface area (Å²) in [5.41, 5.74) is 3.85. The first-order valence-corrected chi connectivity index (χ1v) is 10.8. The molecule has 4 aromatic rings. The summed E-state index contributed by atoms with van der Waals surface area (Å²) in [6.07, 6.45) is 0.776. The molecule has 2 amide bonds. The molecule has 0 aliphatic rings. The molecule has 2 N–H and O–H groups in total. The van der Waals surface area contributed by atoms with Crippen molar-refractivity contribution in [3.05, 3.63) is 104 Å². The predicted octanol–water partition coefficient (Wildman–Crippen LogP) is 5.91. The van der Waals surface area contributed by atoms with Crippen LogP contribution >= 0.6 is 22.7 Å². The van der Waals surface area contributed by atoms with Crippen molar-refractivity contribution in [1.82, 2.24) is 0 Å². The van der Waals surface area contributed by atoms with Gasteiger partial charge in [0.2, 0.25) is 0 Å². The number of hydrogen-bond donors (Lipinski definition) is 2. The SMILES string of the molecule is O=C(Nc1ccc(Cc2ccc(NC(=O)c3cccs3)cc2)cc1)c1cccs1. The number of carbonyl (C=O) groups is 2. The van der Waals surface area contributed by atoms with Crippen LogP contribution in [0.15, 0.2) is 83.6 Å². The number of rotatable bonds is 6. The van der Waals surface area contributed by atoms with Gasteiger partial charge in [0.15, 0.2) is 0 Å². The van der Waals surface area contributed by atoms with Gasteiger partial charge in [-0.3, -0.25) is 9.59 Å². The molecule has 0 atom stereocenters. The molecule has 0 aliphatic heterocycles. The summed E-state index contributed by atoms with van der Waals surface area (Å²) in [7, 11) is 0. The Balaban J connectivity index is 1.34. The van der Waals surface area contributed by atoms with Crippen LogP contribution in [0, 0.1) is 0 Å². The van der Waals surface area contributed by atoms with E-state index in [0.29, 0.717) is 9.75 Å². The van der Waals surface area contributed by atoms with E-state index in [9.17, 15) is 9.59 Å². The first-order chi connectivity index (χ1) is 14.2. The van der Waals surface area contributed by atoms with Crippen molar-refractivity contribution in [3.63, 3.8) is 0 Å². The molecular weight excluding hydrogens is 400 g/mol. The average molecular weight is 419 g/mol. The van der Waals surface area contributed by atoms with E-state index in [4.69, 9.17) is 0 Å². The van der Waals surface area contributed by atoms with Crippen LogP contribution in [0.3, 0.4) is 0 Å². The van der Waals surface area contributed by atoms with E-state index in [1.807, 2.05) is 71.4 Å². The van der Waals surface area contributed by atoms with Crippen molar-refractivity contribution in [3.8, 4) is 0 Å². The number of anilines is 2. The van der Waals surface area contributed by atoms with E-state index in [2.05, 4.69) is 10.6 Å². The van der Waals surface area contributed by atoms with Crippen LogP contribution in [0.1, 0.15) is 30.5 Å². The zero-order valence-electron chi connectivity index (χ0n) is 15.4. The predicted molar refractivity (Wildman–Crippen MR) is 120 cm³/mol. The molecule has 0 spiro atoms. The Labute approximate surface area is 176 Å². The molecule has 144 valence electrons. The number of benzene rings is 2. The summed E-state index contributed by atoms with van der Waals surface area (Å²) in [4.78, 5) is 25.6. The molecule has 0 saturated carbocycles. The molecule has 2 aromatic carbocycles. The van der Waals surface area contributed by atoms with Crippen LogP contribution in [-0.4, -0.2) is 11.8 Å². The van der Waals surface area contributed by atoms with Crippen molar-refractivity contribution in [2.24, 2.45) is 0 Å². The normalized spacial score (nSPS) is 10.5. The van der Waals surface area contributed by atoms with Gasteiger partial charge in [-0.05, 0) is 64.7 Å². The van der Waals surface area contributed by atoms with Crippen LogP contribution in [0.4, 0.5) is 11.4 Å². The van der Waals surface area contributed by atoms with Crippen molar-refractivity contribution in [2.75, 3.05) is 10.6 Å². The van der Waals surface area contributed by atoms with E-state index >= 15 is 0 Å². The van der Waals surface area contributed by atoms with Gasteiger partial charge >= 0.3 is 0 Å². The standard InChI is InChI=1S/C23H18N2O2S2/c26-22(20-3-1-13-28-20)24-18-9-5-16(6-10-18)15-17-7-11-19(12-8-17)25-23(27)21-4-2-14-29-21/h1-14H,15H2,(H,24,26)(H,25,27).